The van der Waals surface area contributed by atoms with Crippen LogP contribution in [0.15, 0.2) is 48.5 Å². The molecule has 7 heteroatoms. The van der Waals surface area contributed by atoms with Crippen molar-refractivity contribution in [2.75, 3.05) is 5.32 Å². The highest BCUT2D eigenvalue weighted by Crippen LogP contribution is 2.24. The van der Waals surface area contributed by atoms with Crippen molar-refractivity contribution in [3.05, 3.63) is 53.5 Å². The zero-order chi connectivity index (χ0) is 16.9. The Bertz CT molecular complexity index is 858. The third-order valence-corrected chi connectivity index (χ3v) is 4.14. The number of anilines is 1. The quantitative estimate of drug-likeness (QED) is 0.671. The van der Waals surface area contributed by atoms with Crippen molar-refractivity contribution in [2.24, 2.45) is 0 Å². The molecule has 3 aromatic rings. The van der Waals surface area contributed by atoms with E-state index in [9.17, 15) is 9.59 Å². The molecule has 1 heterocycles. The summed E-state index contributed by atoms with van der Waals surface area (Å²) in [5.74, 6) is -1.18. The fourth-order valence-corrected chi connectivity index (χ4v) is 3.01. The van der Waals surface area contributed by atoms with Crippen LogP contribution in [0.25, 0.3) is 10.2 Å². The highest BCUT2D eigenvalue weighted by Gasteiger charge is 2.09. The number of nitrogens with one attached hydrogen (secondary N) is 1. The lowest BCUT2D eigenvalue weighted by atomic mass is 10.3. The van der Waals surface area contributed by atoms with Crippen LogP contribution in [-0.4, -0.2) is 22.0 Å². The number of ether oxygens (including phenoxy) is 1. The number of hydrogen-bond donors (Lipinski definition) is 2. The summed E-state index contributed by atoms with van der Waals surface area (Å²) in [7, 11) is 0. The van der Waals surface area contributed by atoms with E-state index in [0.29, 0.717) is 18.0 Å². The fourth-order valence-electron chi connectivity index (χ4n) is 2.13. The first-order valence-electron chi connectivity index (χ1n) is 7.19. The third-order valence-electron chi connectivity index (χ3n) is 3.13. The maximum atomic E-state index is 11.5. The van der Waals surface area contributed by atoms with E-state index in [1.165, 1.54) is 0 Å². The minimum absolute atomic E-state index is 0.325. The van der Waals surface area contributed by atoms with E-state index in [1.807, 2.05) is 24.3 Å². The summed E-state index contributed by atoms with van der Waals surface area (Å²) < 4.78 is 6.81. The molecule has 0 unspecified atom stereocenters. The van der Waals surface area contributed by atoms with Gasteiger partial charge in [0.25, 0.3) is 0 Å². The number of aromatic nitrogens is 1. The molecule has 6 nitrogen and oxygen atoms in total. The molecule has 0 spiro atoms. The summed E-state index contributed by atoms with van der Waals surface area (Å²) in [4.78, 5) is 26.5. The Morgan fingerprint density at radius 1 is 1.17 bits per heavy atom. The van der Waals surface area contributed by atoms with Gasteiger partial charge < -0.3 is 15.2 Å². The molecule has 122 valence electrons. The maximum absolute atomic E-state index is 11.5. The molecule has 0 saturated carbocycles. The van der Waals surface area contributed by atoms with Gasteiger partial charge in [0.15, 0.2) is 0 Å². The number of carboxylic acid groups (broad SMARTS) is 1. The molecular formula is C17H14N2O4S. The standard InChI is InChI=1S/C17H14N2O4S/c20-15(9-17(21)22)18-11-4-3-5-12(8-11)23-10-16-19-13-6-1-2-7-14(13)24-16/h1-8H,9-10H2,(H,18,20)(H,21,22). The van der Waals surface area contributed by atoms with E-state index in [4.69, 9.17) is 9.84 Å². The first kappa shape index (κ1) is 15.9. The van der Waals surface area contributed by atoms with Crippen LogP contribution in [0.1, 0.15) is 11.4 Å². The zero-order valence-electron chi connectivity index (χ0n) is 12.6. The van der Waals surface area contributed by atoms with Crippen molar-refractivity contribution in [1.29, 1.82) is 0 Å². The Morgan fingerprint density at radius 3 is 2.79 bits per heavy atom. The van der Waals surface area contributed by atoms with Gasteiger partial charge in [0.1, 0.15) is 23.8 Å². The number of amides is 1. The number of benzene rings is 2. The Kier molecular flexibility index (Phi) is 4.72. The number of carbonyl (C=O) groups excluding carboxylic acids is 1. The van der Waals surface area contributed by atoms with Gasteiger partial charge >= 0.3 is 5.97 Å². The predicted molar refractivity (Wildman–Crippen MR) is 91.3 cm³/mol. The van der Waals surface area contributed by atoms with Crippen molar-refractivity contribution >= 4 is 39.1 Å². The zero-order valence-corrected chi connectivity index (χ0v) is 13.4. The molecule has 1 aromatic heterocycles. The lowest BCUT2D eigenvalue weighted by Crippen LogP contribution is -2.15. The molecule has 2 N–H and O–H groups in total. The van der Waals surface area contributed by atoms with Gasteiger partial charge in [0.2, 0.25) is 5.91 Å². The van der Waals surface area contributed by atoms with Gasteiger partial charge in [0.05, 0.1) is 10.2 Å². The number of fused-ring (bicyclic) bond motifs is 1. The number of hydrogen-bond acceptors (Lipinski definition) is 5. The summed E-state index contributed by atoms with van der Waals surface area (Å²) in [5.41, 5.74) is 1.43. The lowest BCUT2D eigenvalue weighted by molar-refractivity contribution is -0.139. The Morgan fingerprint density at radius 2 is 2.00 bits per heavy atom. The second-order valence-corrected chi connectivity index (χ2v) is 6.13. The maximum Gasteiger partial charge on any atom is 0.312 e. The number of nitrogens with zero attached hydrogens (tertiary/aromatic N) is 1. The Labute approximate surface area is 141 Å². The minimum Gasteiger partial charge on any atom is -0.486 e. The van der Waals surface area contributed by atoms with E-state index < -0.39 is 18.3 Å². The highest BCUT2D eigenvalue weighted by molar-refractivity contribution is 7.18. The van der Waals surface area contributed by atoms with Crippen LogP contribution in [0.5, 0.6) is 5.75 Å². The van der Waals surface area contributed by atoms with Crippen molar-refractivity contribution in [1.82, 2.24) is 4.98 Å². The number of rotatable bonds is 6. The number of aliphatic carboxylic acids is 1. The Hall–Kier alpha value is -2.93. The summed E-state index contributed by atoms with van der Waals surface area (Å²) >= 11 is 1.57. The SMILES string of the molecule is O=C(O)CC(=O)Nc1cccc(OCc2nc3ccccc3s2)c1. The molecule has 0 radical (unpaired) electrons. The number of para-hydroxylation sites is 1. The average molecular weight is 342 g/mol. The van der Waals surface area contributed by atoms with Crippen molar-refractivity contribution < 1.29 is 19.4 Å². The smallest absolute Gasteiger partial charge is 0.312 e. The number of thiazole rings is 1. The molecule has 1 amide bonds. The van der Waals surface area contributed by atoms with Crippen LogP contribution >= 0.6 is 11.3 Å². The monoisotopic (exact) mass is 342 g/mol. The van der Waals surface area contributed by atoms with Gasteiger partial charge in [-0.05, 0) is 24.3 Å². The molecule has 0 aliphatic heterocycles. The van der Waals surface area contributed by atoms with Crippen molar-refractivity contribution in [3.63, 3.8) is 0 Å². The summed E-state index contributed by atoms with van der Waals surface area (Å²) in [6.45, 7) is 0.325. The summed E-state index contributed by atoms with van der Waals surface area (Å²) in [6, 6.07) is 14.7. The van der Waals surface area contributed by atoms with Crippen LogP contribution in [0.2, 0.25) is 0 Å². The highest BCUT2D eigenvalue weighted by atomic mass is 32.1. The summed E-state index contributed by atoms with van der Waals surface area (Å²) in [6.07, 6.45) is -0.573. The second kappa shape index (κ2) is 7.10. The van der Waals surface area contributed by atoms with Gasteiger partial charge in [0, 0.05) is 11.8 Å². The predicted octanol–water partition coefficient (Wildman–Crippen LogP) is 3.29. The van der Waals surface area contributed by atoms with Gasteiger partial charge in [-0.25, -0.2) is 4.98 Å². The largest absolute Gasteiger partial charge is 0.486 e. The van der Waals surface area contributed by atoms with Gasteiger partial charge in [-0.3, -0.25) is 9.59 Å². The topological polar surface area (TPSA) is 88.5 Å². The molecule has 24 heavy (non-hydrogen) atoms. The molecular weight excluding hydrogens is 328 g/mol. The van der Waals surface area contributed by atoms with Crippen molar-refractivity contribution in [2.45, 2.75) is 13.0 Å². The van der Waals surface area contributed by atoms with E-state index in [-0.39, 0.29) is 0 Å². The minimum atomic E-state index is -1.17. The number of carbonyl (C=O) groups is 2. The van der Waals surface area contributed by atoms with Crippen LogP contribution in [0.4, 0.5) is 5.69 Å². The third kappa shape index (κ3) is 4.08. The molecule has 0 bridgehead atoms. The average Bonchev–Trinajstić information content (AvgIpc) is 2.95. The van der Waals surface area contributed by atoms with E-state index in [0.717, 1.165) is 15.2 Å². The van der Waals surface area contributed by atoms with E-state index >= 15 is 0 Å². The molecule has 0 aliphatic rings. The van der Waals surface area contributed by atoms with Gasteiger partial charge in [-0.15, -0.1) is 11.3 Å². The first-order valence-corrected chi connectivity index (χ1v) is 8.01. The molecule has 0 fully saturated rings. The van der Waals surface area contributed by atoms with Crippen LogP contribution < -0.4 is 10.1 Å². The van der Waals surface area contributed by atoms with Crippen LogP contribution in [-0.2, 0) is 16.2 Å². The lowest BCUT2D eigenvalue weighted by Gasteiger charge is -2.07. The van der Waals surface area contributed by atoms with E-state index in [1.54, 1.807) is 35.6 Å². The van der Waals surface area contributed by atoms with Gasteiger partial charge in [-0.2, -0.15) is 0 Å². The van der Waals surface area contributed by atoms with Crippen LogP contribution in [0, 0.1) is 0 Å². The molecule has 0 saturated heterocycles. The first-order chi connectivity index (χ1) is 11.6. The fraction of sp³-hybridized carbons (Fsp3) is 0.118. The molecule has 0 aliphatic carbocycles. The van der Waals surface area contributed by atoms with Gasteiger partial charge in [-0.1, -0.05) is 18.2 Å². The normalized spacial score (nSPS) is 10.5. The second-order valence-electron chi connectivity index (χ2n) is 5.01. The molecule has 0 atom stereocenters. The Balaban J connectivity index is 1.64. The molecule has 3 rings (SSSR count). The summed E-state index contributed by atoms with van der Waals surface area (Å²) in [5, 5.41) is 12.0. The van der Waals surface area contributed by atoms with Crippen LogP contribution in [0.3, 0.4) is 0 Å². The number of carboxylic acids is 1. The van der Waals surface area contributed by atoms with Crippen molar-refractivity contribution in [3.8, 4) is 5.75 Å². The van der Waals surface area contributed by atoms with E-state index in [2.05, 4.69) is 10.3 Å². The molecule has 2 aromatic carbocycles.